The molecule has 0 saturated carbocycles. The third kappa shape index (κ3) is 3.42. The molecule has 92 valence electrons. The third-order valence-corrected chi connectivity index (χ3v) is 3.53. The average Bonchev–Trinajstić information content (AvgIpc) is 2.40. The first-order chi connectivity index (χ1) is 8.31. The van der Waals surface area contributed by atoms with Gasteiger partial charge in [-0.2, -0.15) is 0 Å². The Bertz CT molecular complexity index is 368. The van der Waals surface area contributed by atoms with Crippen LogP contribution in [0.4, 0.5) is 0 Å². The molecule has 1 saturated heterocycles. The lowest BCUT2D eigenvalue weighted by Crippen LogP contribution is -2.30. The smallest absolute Gasteiger partial charge is 0.0178 e. The summed E-state index contributed by atoms with van der Waals surface area (Å²) in [5.74, 6) is 0. The van der Waals surface area contributed by atoms with Crippen molar-refractivity contribution in [2.75, 3.05) is 19.6 Å². The van der Waals surface area contributed by atoms with Gasteiger partial charge < -0.3 is 10.6 Å². The van der Waals surface area contributed by atoms with Gasteiger partial charge in [0.15, 0.2) is 0 Å². The van der Waals surface area contributed by atoms with Crippen molar-refractivity contribution in [1.29, 1.82) is 0 Å². The third-order valence-electron chi connectivity index (χ3n) is 3.53. The van der Waals surface area contributed by atoms with Gasteiger partial charge in [0.25, 0.3) is 0 Å². The Hall–Kier alpha value is -1.12. The summed E-state index contributed by atoms with van der Waals surface area (Å²) in [6, 6.07) is 8.57. The van der Waals surface area contributed by atoms with Gasteiger partial charge in [0.1, 0.15) is 0 Å². The first kappa shape index (κ1) is 12.3. The lowest BCUT2D eigenvalue weighted by atomic mass is 10.0. The maximum Gasteiger partial charge on any atom is 0.0178 e. The van der Waals surface area contributed by atoms with Gasteiger partial charge in [-0.3, -0.25) is 0 Å². The van der Waals surface area contributed by atoms with Crippen molar-refractivity contribution in [3.63, 3.8) is 0 Å². The largest absolute Gasteiger partial charge is 0.326 e. The van der Waals surface area contributed by atoms with Crippen molar-refractivity contribution in [2.45, 2.75) is 26.3 Å². The molecule has 0 aromatic heterocycles. The lowest BCUT2D eigenvalue weighted by Gasteiger charge is -2.26. The second-order valence-corrected chi connectivity index (χ2v) is 4.68. The topological polar surface area (TPSA) is 29.3 Å². The minimum atomic E-state index is 0.627. The predicted octanol–water partition coefficient (Wildman–Crippen LogP) is 2.64. The maximum absolute atomic E-state index is 5.59. The van der Waals surface area contributed by atoms with E-state index in [1.54, 1.807) is 5.57 Å². The van der Waals surface area contributed by atoms with Gasteiger partial charge in [-0.1, -0.05) is 42.8 Å². The Morgan fingerprint density at radius 2 is 1.82 bits per heavy atom. The summed E-state index contributed by atoms with van der Waals surface area (Å²) >= 11 is 0. The summed E-state index contributed by atoms with van der Waals surface area (Å²) in [6.07, 6.45) is 4.77. The molecule has 0 spiro atoms. The van der Waals surface area contributed by atoms with Crippen LogP contribution >= 0.6 is 0 Å². The molecule has 0 unspecified atom stereocenters. The van der Waals surface area contributed by atoms with E-state index in [1.165, 1.54) is 43.6 Å². The van der Waals surface area contributed by atoms with Crippen LogP contribution in [0.1, 0.15) is 30.9 Å². The normalized spacial score (nSPS) is 17.2. The van der Waals surface area contributed by atoms with E-state index < -0.39 is 0 Å². The first-order valence-corrected chi connectivity index (χ1v) is 6.52. The summed E-state index contributed by atoms with van der Waals surface area (Å²) in [5.41, 5.74) is 9.68. The molecule has 1 aliphatic rings. The number of likely N-dealkylation sites (tertiary alicyclic amines) is 1. The quantitative estimate of drug-likeness (QED) is 0.865. The van der Waals surface area contributed by atoms with E-state index in [2.05, 4.69) is 42.2 Å². The lowest BCUT2D eigenvalue weighted by molar-refractivity contribution is 0.270. The van der Waals surface area contributed by atoms with E-state index in [-0.39, 0.29) is 0 Å². The van der Waals surface area contributed by atoms with Crippen LogP contribution in [0.15, 0.2) is 29.8 Å². The van der Waals surface area contributed by atoms with Crippen LogP contribution in [0, 0.1) is 0 Å². The van der Waals surface area contributed by atoms with Gasteiger partial charge in [-0.15, -0.1) is 0 Å². The van der Waals surface area contributed by atoms with Crippen LogP contribution in [-0.2, 0) is 6.54 Å². The molecule has 2 heteroatoms. The Labute approximate surface area is 104 Å². The summed E-state index contributed by atoms with van der Waals surface area (Å²) in [6.45, 7) is 6.47. The van der Waals surface area contributed by atoms with Crippen LogP contribution in [0.3, 0.4) is 0 Å². The number of nitrogens with zero attached hydrogens (tertiary/aromatic N) is 1. The van der Waals surface area contributed by atoms with Crippen molar-refractivity contribution in [3.8, 4) is 0 Å². The second-order valence-electron chi connectivity index (χ2n) is 4.68. The summed E-state index contributed by atoms with van der Waals surface area (Å²) in [5, 5.41) is 0. The molecule has 0 bridgehead atoms. The molecular formula is C15H22N2. The molecule has 1 aromatic carbocycles. The van der Waals surface area contributed by atoms with Gasteiger partial charge in [0.2, 0.25) is 0 Å². The number of benzene rings is 1. The number of piperidine rings is 1. The molecule has 2 N–H and O–H groups in total. The molecule has 2 nitrogen and oxygen atoms in total. The molecule has 2 rings (SSSR count). The molecule has 0 radical (unpaired) electrons. The highest BCUT2D eigenvalue weighted by atomic mass is 15.1. The Morgan fingerprint density at radius 3 is 2.35 bits per heavy atom. The van der Waals surface area contributed by atoms with Crippen LogP contribution in [0.25, 0.3) is 6.08 Å². The average molecular weight is 230 g/mol. The maximum atomic E-state index is 5.59. The highest BCUT2D eigenvalue weighted by Crippen LogP contribution is 2.19. The number of hydrogen-bond donors (Lipinski definition) is 1. The fraction of sp³-hybridized carbons (Fsp3) is 0.467. The number of hydrogen-bond acceptors (Lipinski definition) is 2. The summed E-state index contributed by atoms with van der Waals surface area (Å²) < 4.78 is 0. The van der Waals surface area contributed by atoms with E-state index in [1.807, 2.05) is 0 Å². The van der Waals surface area contributed by atoms with Crippen LogP contribution < -0.4 is 5.73 Å². The molecule has 0 aliphatic carbocycles. The number of rotatable bonds is 3. The van der Waals surface area contributed by atoms with E-state index in [0.717, 1.165) is 0 Å². The standard InChI is InChI=1S/C15H22N2/c1-2-17-9-7-14(8-10-17)11-13-3-5-15(12-16)6-4-13/h3-6,11H,2,7-10,12,16H2,1H3. The zero-order chi connectivity index (χ0) is 12.1. The van der Waals surface area contributed by atoms with Crippen LogP contribution in [-0.4, -0.2) is 24.5 Å². The Kier molecular flexibility index (Phi) is 4.35. The molecule has 1 heterocycles. The van der Waals surface area contributed by atoms with E-state index >= 15 is 0 Å². The molecule has 1 aromatic rings. The SMILES string of the molecule is CCN1CCC(=Cc2ccc(CN)cc2)CC1. The molecule has 0 amide bonds. The fourth-order valence-electron chi connectivity index (χ4n) is 2.29. The molecule has 17 heavy (non-hydrogen) atoms. The minimum absolute atomic E-state index is 0.627. The van der Waals surface area contributed by atoms with Gasteiger partial charge >= 0.3 is 0 Å². The van der Waals surface area contributed by atoms with E-state index in [4.69, 9.17) is 5.73 Å². The van der Waals surface area contributed by atoms with Gasteiger partial charge in [-0.25, -0.2) is 0 Å². The van der Waals surface area contributed by atoms with Crippen LogP contribution in [0.2, 0.25) is 0 Å². The Morgan fingerprint density at radius 1 is 1.18 bits per heavy atom. The predicted molar refractivity (Wildman–Crippen MR) is 73.7 cm³/mol. The molecular weight excluding hydrogens is 208 g/mol. The van der Waals surface area contributed by atoms with E-state index in [0.29, 0.717) is 6.54 Å². The van der Waals surface area contributed by atoms with Crippen molar-refractivity contribution in [3.05, 3.63) is 41.0 Å². The Balaban J connectivity index is 1.99. The van der Waals surface area contributed by atoms with Crippen molar-refractivity contribution in [1.82, 2.24) is 4.90 Å². The van der Waals surface area contributed by atoms with Crippen molar-refractivity contribution in [2.24, 2.45) is 5.73 Å². The first-order valence-electron chi connectivity index (χ1n) is 6.52. The molecule has 0 atom stereocenters. The summed E-state index contributed by atoms with van der Waals surface area (Å²) in [4.78, 5) is 2.51. The van der Waals surface area contributed by atoms with Gasteiger partial charge in [0, 0.05) is 19.6 Å². The molecule has 1 fully saturated rings. The fourth-order valence-corrected chi connectivity index (χ4v) is 2.29. The highest BCUT2D eigenvalue weighted by Gasteiger charge is 2.11. The zero-order valence-electron chi connectivity index (χ0n) is 10.7. The number of nitrogens with two attached hydrogens (primary N) is 1. The van der Waals surface area contributed by atoms with Gasteiger partial charge in [0.05, 0.1) is 0 Å². The second kappa shape index (κ2) is 5.99. The molecule has 1 aliphatic heterocycles. The minimum Gasteiger partial charge on any atom is -0.326 e. The van der Waals surface area contributed by atoms with Gasteiger partial charge in [-0.05, 0) is 30.5 Å². The monoisotopic (exact) mass is 230 g/mol. The van der Waals surface area contributed by atoms with E-state index in [9.17, 15) is 0 Å². The van der Waals surface area contributed by atoms with Crippen molar-refractivity contribution < 1.29 is 0 Å². The van der Waals surface area contributed by atoms with Crippen molar-refractivity contribution >= 4 is 6.08 Å². The summed E-state index contributed by atoms with van der Waals surface area (Å²) in [7, 11) is 0. The van der Waals surface area contributed by atoms with Crippen LogP contribution in [0.5, 0.6) is 0 Å². The zero-order valence-corrected chi connectivity index (χ0v) is 10.7. The highest BCUT2D eigenvalue weighted by molar-refractivity contribution is 5.53.